The van der Waals surface area contributed by atoms with Gasteiger partial charge in [0.05, 0.1) is 0 Å². The summed E-state index contributed by atoms with van der Waals surface area (Å²) in [6.45, 7) is 2.00. The van der Waals surface area contributed by atoms with E-state index >= 15 is 0 Å². The van der Waals surface area contributed by atoms with Gasteiger partial charge in [-0.3, -0.25) is 9.59 Å². The molecule has 0 aliphatic heterocycles. The Kier molecular flexibility index (Phi) is 2.04. The highest BCUT2D eigenvalue weighted by molar-refractivity contribution is 6.17. The van der Waals surface area contributed by atoms with Gasteiger partial charge in [0.2, 0.25) is 0 Å². The Hall–Kier alpha value is -1.70. The zero-order valence-corrected chi connectivity index (χ0v) is 7.91. The van der Waals surface area contributed by atoms with E-state index in [1.54, 1.807) is 12.2 Å². The van der Waals surface area contributed by atoms with Gasteiger partial charge in [0, 0.05) is 5.57 Å². The standard InChI is InChI=1S/C12H10O2/c1-2-8-5-9-3-4-10(13)7-11(9)12(14)6-8/h3-7H,2H2,1H3. The van der Waals surface area contributed by atoms with E-state index in [-0.39, 0.29) is 11.6 Å². The van der Waals surface area contributed by atoms with E-state index in [4.69, 9.17) is 0 Å². The third-order valence-corrected chi connectivity index (χ3v) is 2.36. The first-order chi connectivity index (χ1) is 6.70. The van der Waals surface area contributed by atoms with Gasteiger partial charge in [0.15, 0.2) is 11.6 Å². The van der Waals surface area contributed by atoms with Gasteiger partial charge >= 0.3 is 0 Å². The van der Waals surface area contributed by atoms with Crippen LogP contribution in [0.3, 0.4) is 0 Å². The summed E-state index contributed by atoms with van der Waals surface area (Å²) >= 11 is 0. The number of ketones is 2. The van der Waals surface area contributed by atoms with E-state index in [0.717, 1.165) is 17.6 Å². The van der Waals surface area contributed by atoms with Gasteiger partial charge in [-0.2, -0.15) is 0 Å². The Bertz CT molecular complexity index is 431. The summed E-state index contributed by atoms with van der Waals surface area (Å²) in [4.78, 5) is 22.6. The van der Waals surface area contributed by atoms with Crippen molar-refractivity contribution < 1.29 is 9.59 Å². The molecule has 0 aromatic carbocycles. The molecule has 0 amide bonds. The van der Waals surface area contributed by atoms with Crippen molar-refractivity contribution in [3.05, 3.63) is 47.1 Å². The quantitative estimate of drug-likeness (QED) is 0.626. The third kappa shape index (κ3) is 1.39. The van der Waals surface area contributed by atoms with Gasteiger partial charge in [-0.1, -0.05) is 19.1 Å². The van der Waals surface area contributed by atoms with Crippen LogP contribution in [-0.2, 0) is 9.59 Å². The van der Waals surface area contributed by atoms with Crippen molar-refractivity contribution in [2.75, 3.05) is 0 Å². The first-order valence-electron chi connectivity index (χ1n) is 4.61. The van der Waals surface area contributed by atoms with Crippen molar-refractivity contribution in [1.29, 1.82) is 0 Å². The van der Waals surface area contributed by atoms with Crippen molar-refractivity contribution in [2.45, 2.75) is 13.3 Å². The molecule has 70 valence electrons. The molecule has 2 aliphatic rings. The average molecular weight is 186 g/mol. The van der Waals surface area contributed by atoms with E-state index < -0.39 is 0 Å². The maximum Gasteiger partial charge on any atom is 0.186 e. The van der Waals surface area contributed by atoms with Crippen molar-refractivity contribution in [3.8, 4) is 0 Å². The molecule has 2 nitrogen and oxygen atoms in total. The lowest BCUT2D eigenvalue weighted by molar-refractivity contribution is -0.113. The van der Waals surface area contributed by atoms with E-state index in [9.17, 15) is 9.59 Å². The highest BCUT2D eigenvalue weighted by atomic mass is 16.1. The largest absolute Gasteiger partial charge is 0.290 e. The predicted octanol–water partition coefficient (Wildman–Crippen LogP) is 1.90. The summed E-state index contributed by atoms with van der Waals surface area (Å²) in [5.74, 6) is -0.170. The van der Waals surface area contributed by atoms with E-state index in [0.29, 0.717) is 5.57 Å². The maximum absolute atomic E-state index is 11.6. The van der Waals surface area contributed by atoms with E-state index in [1.807, 2.05) is 13.0 Å². The minimum atomic E-state index is -0.112. The Balaban J connectivity index is 2.47. The maximum atomic E-state index is 11.6. The molecule has 0 aromatic rings. The van der Waals surface area contributed by atoms with Crippen molar-refractivity contribution in [2.24, 2.45) is 0 Å². The second-order valence-electron chi connectivity index (χ2n) is 3.33. The second-order valence-corrected chi connectivity index (χ2v) is 3.33. The van der Waals surface area contributed by atoms with Crippen molar-refractivity contribution >= 4 is 11.6 Å². The number of fused-ring (bicyclic) bond motifs is 1. The number of carbonyl (C=O) groups is 2. The summed E-state index contributed by atoms with van der Waals surface area (Å²) in [6.07, 6.45) is 8.98. The molecular formula is C12H10O2. The molecule has 0 saturated carbocycles. The molecule has 0 heterocycles. The van der Waals surface area contributed by atoms with E-state index in [2.05, 4.69) is 0 Å². The number of rotatable bonds is 1. The fourth-order valence-electron chi connectivity index (χ4n) is 1.57. The molecule has 0 radical (unpaired) electrons. The molecular weight excluding hydrogens is 176 g/mol. The molecule has 0 N–H and O–H groups in total. The van der Waals surface area contributed by atoms with Crippen LogP contribution in [0.25, 0.3) is 0 Å². The topological polar surface area (TPSA) is 34.1 Å². The van der Waals surface area contributed by atoms with Crippen molar-refractivity contribution in [1.82, 2.24) is 0 Å². The molecule has 0 spiro atoms. The predicted molar refractivity (Wildman–Crippen MR) is 53.7 cm³/mol. The molecule has 0 bridgehead atoms. The molecule has 2 rings (SSSR count). The smallest absolute Gasteiger partial charge is 0.186 e. The Morgan fingerprint density at radius 1 is 1.07 bits per heavy atom. The van der Waals surface area contributed by atoms with Gasteiger partial charge in [-0.25, -0.2) is 0 Å². The van der Waals surface area contributed by atoms with Crippen LogP contribution in [0.5, 0.6) is 0 Å². The van der Waals surface area contributed by atoms with Crippen LogP contribution in [0.4, 0.5) is 0 Å². The Morgan fingerprint density at radius 3 is 2.57 bits per heavy atom. The first-order valence-corrected chi connectivity index (χ1v) is 4.61. The number of allylic oxidation sites excluding steroid dienone is 8. The summed E-state index contributed by atoms with van der Waals surface area (Å²) in [6, 6.07) is 0. The molecule has 0 unspecified atom stereocenters. The van der Waals surface area contributed by atoms with Gasteiger partial charge in [0.1, 0.15) is 0 Å². The zero-order chi connectivity index (χ0) is 10.1. The van der Waals surface area contributed by atoms with Crippen LogP contribution in [0.2, 0.25) is 0 Å². The number of hydrogen-bond acceptors (Lipinski definition) is 2. The number of hydrogen-bond donors (Lipinski definition) is 0. The summed E-state index contributed by atoms with van der Waals surface area (Å²) < 4.78 is 0. The highest BCUT2D eigenvalue weighted by Gasteiger charge is 2.19. The van der Waals surface area contributed by atoms with Crippen LogP contribution in [-0.4, -0.2) is 11.6 Å². The van der Waals surface area contributed by atoms with Gasteiger partial charge in [-0.05, 0) is 35.8 Å². The summed E-state index contributed by atoms with van der Waals surface area (Å²) in [5, 5.41) is 0. The van der Waals surface area contributed by atoms with Crippen LogP contribution in [0.15, 0.2) is 47.1 Å². The average Bonchev–Trinajstić information content (AvgIpc) is 2.19. The van der Waals surface area contributed by atoms with E-state index in [1.165, 1.54) is 12.2 Å². The van der Waals surface area contributed by atoms with Gasteiger partial charge in [0.25, 0.3) is 0 Å². The third-order valence-electron chi connectivity index (χ3n) is 2.36. The minimum absolute atomic E-state index is 0.0583. The van der Waals surface area contributed by atoms with Crippen LogP contribution in [0, 0.1) is 0 Å². The lowest BCUT2D eigenvalue weighted by Gasteiger charge is -2.14. The van der Waals surface area contributed by atoms with Crippen molar-refractivity contribution in [3.63, 3.8) is 0 Å². The SMILES string of the molecule is CCC1=CC(=O)C2=CC(=O)C=CC2=C1. The van der Waals surface area contributed by atoms with Crippen LogP contribution in [0.1, 0.15) is 13.3 Å². The molecule has 0 atom stereocenters. The minimum Gasteiger partial charge on any atom is -0.290 e. The lowest BCUT2D eigenvalue weighted by atomic mass is 9.88. The molecule has 2 heteroatoms. The van der Waals surface area contributed by atoms with Crippen LogP contribution >= 0.6 is 0 Å². The van der Waals surface area contributed by atoms with Gasteiger partial charge in [-0.15, -0.1) is 0 Å². The molecule has 0 saturated heterocycles. The molecule has 2 aliphatic carbocycles. The van der Waals surface area contributed by atoms with Gasteiger partial charge < -0.3 is 0 Å². The van der Waals surface area contributed by atoms with Crippen LogP contribution < -0.4 is 0 Å². The fraction of sp³-hybridized carbons (Fsp3) is 0.167. The zero-order valence-electron chi connectivity index (χ0n) is 7.91. The fourth-order valence-corrected chi connectivity index (χ4v) is 1.57. The summed E-state index contributed by atoms with van der Waals surface area (Å²) in [7, 11) is 0. The molecule has 0 aromatic heterocycles. The molecule has 14 heavy (non-hydrogen) atoms. The first kappa shape index (κ1) is 8.88. The normalized spacial score (nSPS) is 19.9. The highest BCUT2D eigenvalue weighted by Crippen LogP contribution is 2.25. The monoisotopic (exact) mass is 186 g/mol. The number of carbonyl (C=O) groups excluding carboxylic acids is 2. The second kappa shape index (κ2) is 3.22. The summed E-state index contributed by atoms with van der Waals surface area (Å²) in [5.41, 5.74) is 2.39. The Labute approximate surface area is 82.3 Å². The Morgan fingerprint density at radius 2 is 1.86 bits per heavy atom. The molecule has 0 fully saturated rings. The lowest BCUT2D eigenvalue weighted by Crippen LogP contribution is -2.11.